The van der Waals surface area contributed by atoms with Crippen molar-refractivity contribution >= 4 is 11.7 Å². The number of benzene rings is 2. The molecule has 0 aromatic heterocycles. The van der Waals surface area contributed by atoms with Crippen LogP contribution in [0, 0.1) is 0 Å². The number of nitrogens with one attached hydrogen (secondary N) is 1. The van der Waals surface area contributed by atoms with E-state index in [-0.39, 0.29) is 24.9 Å². The second kappa shape index (κ2) is 7.19. The van der Waals surface area contributed by atoms with E-state index in [1.807, 2.05) is 24.3 Å². The SMILES string of the molecule is COc1ccc(COC(=O)CNc2ccc(O)cc2)cc1. The van der Waals surface area contributed by atoms with Gasteiger partial charge >= 0.3 is 5.97 Å². The molecule has 0 saturated heterocycles. The van der Waals surface area contributed by atoms with Gasteiger partial charge in [-0.3, -0.25) is 4.79 Å². The van der Waals surface area contributed by atoms with Gasteiger partial charge < -0.3 is 19.9 Å². The van der Waals surface area contributed by atoms with Crippen molar-refractivity contribution in [3.63, 3.8) is 0 Å². The van der Waals surface area contributed by atoms with Crippen molar-refractivity contribution in [1.82, 2.24) is 0 Å². The van der Waals surface area contributed by atoms with Gasteiger partial charge in [0.05, 0.1) is 7.11 Å². The van der Waals surface area contributed by atoms with Crippen LogP contribution in [0.5, 0.6) is 11.5 Å². The summed E-state index contributed by atoms with van der Waals surface area (Å²) in [6.45, 7) is 0.293. The summed E-state index contributed by atoms with van der Waals surface area (Å²) < 4.78 is 10.2. The summed E-state index contributed by atoms with van der Waals surface area (Å²) in [5.41, 5.74) is 1.64. The Morgan fingerprint density at radius 1 is 1.10 bits per heavy atom. The number of rotatable bonds is 6. The van der Waals surface area contributed by atoms with Crippen molar-refractivity contribution in [3.8, 4) is 11.5 Å². The minimum absolute atomic E-state index is 0.0704. The van der Waals surface area contributed by atoms with Crippen molar-refractivity contribution in [2.45, 2.75) is 6.61 Å². The predicted octanol–water partition coefficient (Wildman–Crippen LogP) is 2.56. The Labute approximate surface area is 123 Å². The zero-order valence-electron chi connectivity index (χ0n) is 11.7. The topological polar surface area (TPSA) is 67.8 Å². The number of aromatic hydroxyl groups is 1. The maximum atomic E-state index is 11.6. The predicted molar refractivity (Wildman–Crippen MR) is 79.4 cm³/mol. The zero-order valence-corrected chi connectivity index (χ0v) is 11.7. The molecule has 0 fully saturated rings. The van der Waals surface area contributed by atoms with Crippen LogP contribution in [-0.2, 0) is 16.1 Å². The molecule has 0 saturated carbocycles. The number of ether oxygens (including phenoxy) is 2. The largest absolute Gasteiger partial charge is 0.508 e. The highest BCUT2D eigenvalue weighted by Gasteiger charge is 2.03. The van der Waals surface area contributed by atoms with Gasteiger partial charge in [0, 0.05) is 5.69 Å². The molecular weight excluding hydrogens is 270 g/mol. The van der Waals surface area contributed by atoms with E-state index >= 15 is 0 Å². The Kier molecular flexibility index (Phi) is 5.04. The van der Waals surface area contributed by atoms with Crippen molar-refractivity contribution < 1.29 is 19.4 Å². The number of phenolic OH excluding ortho intramolecular Hbond substituents is 1. The lowest BCUT2D eigenvalue weighted by molar-refractivity contribution is -0.142. The molecule has 0 heterocycles. The molecule has 0 bridgehead atoms. The molecule has 21 heavy (non-hydrogen) atoms. The Balaban J connectivity index is 1.75. The molecule has 5 nitrogen and oxygen atoms in total. The lowest BCUT2D eigenvalue weighted by atomic mass is 10.2. The first-order valence-corrected chi connectivity index (χ1v) is 6.49. The van der Waals surface area contributed by atoms with Crippen molar-refractivity contribution in [3.05, 3.63) is 54.1 Å². The number of hydrogen-bond donors (Lipinski definition) is 2. The van der Waals surface area contributed by atoms with E-state index in [1.165, 1.54) is 0 Å². The zero-order chi connectivity index (χ0) is 15.1. The lowest BCUT2D eigenvalue weighted by Gasteiger charge is -2.08. The number of anilines is 1. The quantitative estimate of drug-likeness (QED) is 0.631. The summed E-state index contributed by atoms with van der Waals surface area (Å²) in [7, 11) is 1.60. The summed E-state index contributed by atoms with van der Waals surface area (Å²) >= 11 is 0. The van der Waals surface area contributed by atoms with Gasteiger partial charge in [-0.05, 0) is 42.0 Å². The van der Waals surface area contributed by atoms with Crippen molar-refractivity contribution in [1.29, 1.82) is 0 Å². The molecule has 0 atom stereocenters. The summed E-state index contributed by atoms with van der Waals surface area (Å²) in [5.74, 6) is 0.598. The highest BCUT2D eigenvalue weighted by molar-refractivity contribution is 5.75. The molecule has 5 heteroatoms. The minimum Gasteiger partial charge on any atom is -0.508 e. The molecule has 0 amide bonds. The van der Waals surface area contributed by atoms with Crippen molar-refractivity contribution in [2.24, 2.45) is 0 Å². The monoisotopic (exact) mass is 287 g/mol. The highest BCUT2D eigenvalue weighted by Crippen LogP contribution is 2.14. The van der Waals surface area contributed by atoms with Gasteiger partial charge in [-0.2, -0.15) is 0 Å². The molecule has 0 unspecified atom stereocenters. The van der Waals surface area contributed by atoms with Gasteiger partial charge in [0.25, 0.3) is 0 Å². The molecule has 0 aliphatic heterocycles. The third-order valence-electron chi connectivity index (χ3n) is 2.86. The first-order chi connectivity index (χ1) is 10.2. The first kappa shape index (κ1) is 14.7. The van der Waals surface area contributed by atoms with Gasteiger partial charge in [0.2, 0.25) is 0 Å². The molecule has 0 aliphatic rings. The van der Waals surface area contributed by atoms with Crippen LogP contribution < -0.4 is 10.1 Å². The Hall–Kier alpha value is -2.69. The van der Waals surface area contributed by atoms with Gasteiger partial charge in [-0.15, -0.1) is 0 Å². The lowest BCUT2D eigenvalue weighted by Crippen LogP contribution is -2.16. The van der Waals surface area contributed by atoms with Crippen LogP contribution >= 0.6 is 0 Å². The normalized spacial score (nSPS) is 9.95. The molecular formula is C16H17NO4. The van der Waals surface area contributed by atoms with Crippen LogP contribution in [0.25, 0.3) is 0 Å². The van der Waals surface area contributed by atoms with Crippen LogP contribution in [0.3, 0.4) is 0 Å². The highest BCUT2D eigenvalue weighted by atomic mass is 16.5. The standard InChI is InChI=1S/C16H17NO4/c1-20-15-8-2-12(3-9-15)11-21-16(19)10-17-13-4-6-14(18)7-5-13/h2-9,17-18H,10-11H2,1H3. The Morgan fingerprint density at radius 3 is 2.38 bits per heavy atom. The smallest absolute Gasteiger partial charge is 0.325 e. The second-order valence-corrected chi connectivity index (χ2v) is 4.41. The molecule has 2 aromatic carbocycles. The third-order valence-corrected chi connectivity index (χ3v) is 2.86. The molecule has 0 aliphatic carbocycles. The van der Waals surface area contributed by atoms with Crippen LogP contribution in [0.15, 0.2) is 48.5 Å². The average molecular weight is 287 g/mol. The summed E-state index contributed by atoms with van der Waals surface area (Å²) in [6.07, 6.45) is 0. The summed E-state index contributed by atoms with van der Waals surface area (Å²) in [5, 5.41) is 12.1. The Morgan fingerprint density at radius 2 is 1.76 bits per heavy atom. The minimum atomic E-state index is -0.348. The number of carbonyl (C=O) groups excluding carboxylic acids is 1. The number of phenols is 1. The van der Waals surface area contributed by atoms with Gasteiger partial charge in [0.1, 0.15) is 24.7 Å². The molecule has 0 spiro atoms. The fourth-order valence-corrected chi connectivity index (χ4v) is 1.69. The van der Waals surface area contributed by atoms with Crippen molar-refractivity contribution in [2.75, 3.05) is 19.0 Å². The molecule has 0 radical (unpaired) electrons. The van der Waals surface area contributed by atoms with Gasteiger partial charge in [-0.1, -0.05) is 12.1 Å². The van der Waals surface area contributed by atoms with Crippen LogP contribution in [0.4, 0.5) is 5.69 Å². The van der Waals surface area contributed by atoms with Crippen LogP contribution in [-0.4, -0.2) is 24.7 Å². The third kappa shape index (κ3) is 4.72. The second-order valence-electron chi connectivity index (χ2n) is 4.41. The number of hydrogen-bond acceptors (Lipinski definition) is 5. The van der Waals surface area contributed by atoms with E-state index < -0.39 is 0 Å². The number of methoxy groups -OCH3 is 1. The van der Waals surface area contributed by atoms with Gasteiger partial charge in [-0.25, -0.2) is 0 Å². The summed E-state index contributed by atoms with van der Waals surface area (Å²) in [4.78, 5) is 11.6. The molecule has 2 rings (SSSR count). The molecule has 2 aromatic rings. The number of esters is 1. The van der Waals surface area contributed by atoms with E-state index in [0.717, 1.165) is 17.0 Å². The average Bonchev–Trinajstić information content (AvgIpc) is 2.53. The first-order valence-electron chi connectivity index (χ1n) is 6.49. The fraction of sp³-hybridized carbons (Fsp3) is 0.188. The molecule has 2 N–H and O–H groups in total. The maximum Gasteiger partial charge on any atom is 0.325 e. The van der Waals surface area contributed by atoms with Crippen LogP contribution in [0.2, 0.25) is 0 Å². The Bertz CT molecular complexity index is 578. The number of carbonyl (C=O) groups is 1. The fourth-order valence-electron chi connectivity index (χ4n) is 1.69. The van der Waals surface area contributed by atoms with E-state index in [9.17, 15) is 4.79 Å². The summed E-state index contributed by atoms with van der Waals surface area (Å²) in [6, 6.07) is 13.8. The van der Waals surface area contributed by atoms with E-state index in [1.54, 1.807) is 31.4 Å². The van der Waals surface area contributed by atoms with E-state index in [0.29, 0.717) is 0 Å². The van der Waals surface area contributed by atoms with Gasteiger partial charge in [0.15, 0.2) is 0 Å². The maximum absolute atomic E-state index is 11.6. The van der Waals surface area contributed by atoms with E-state index in [4.69, 9.17) is 14.6 Å². The molecule has 110 valence electrons. The van der Waals surface area contributed by atoms with E-state index in [2.05, 4.69) is 5.32 Å². The van der Waals surface area contributed by atoms with Crippen LogP contribution in [0.1, 0.15) is 5.56 Å².